The van der Waals surface area contributed by atoms with Gasteiger partial charge in [-0.2, -0.15) is 4.31 Å². The molecule has 0 aliphatic heterocycles. The molecule has 1 aliphatic rings. The molecule has 0 heterocycles. The minimum absolute atomic E-state index is 0.135. The summed E-state index contributed by atoms with van der Waals surface area (Å²) in [6.07, 6.45) is 4.86. The monoisotopic (exact) mass is 338 g/mol. The summed E-state index contributed by atoms with van der Waals surface area (Å²) in [4.78, 5) is 12.4. The summed E-state index contributed by atoms with van der Waals surface area (Å²) in [6, 6.07) is 6.19. The Balaban J connectivity index is 2.02. The molecule has 1 amide bonds. The number of nitrogens with zero attached hydrogens (tertiary/aromatic N) is 1. The number of hydrogen-bond donors (Lipinski definition) is 1. The Morgan fingerprint density at radius 2 is 1.70 bits per heavy atom. The van der Waals surface area contributed by atoms with E-state index in [4.69, 9.17) is 0 Å². The van der Waals surface area contributed by atoms with Gasteiger partial charge in [0.1, 0.15) is 0 Å². The van der Waals surface area contributed by atoms with Crippen LogP contribution in [0.25, 0.3) is 0 Å². The van der Waals surface area contributed by atoms with Crippen LogP contribution in [-0.2, 0) is 10.0 Å². The van der Waals surface area contributed by atoms with E-state index in [1.165, 1.54) is 42.1 Å². The third kappa shape index (κ3) is 4.32. The molecule has 6 heteroatoms. The average molecular weight is 338 g/mol. The van der Waals surface area contributed by atoms with Gasteiger partial charge in [0.2, 0.25) is 10.0 Å². The van der Waals surface area contributed by atoms with E-state index in [9.17, 15) is 13.2 Å². The Labute approximate surface area is 139 Å². The lowest BCUT2D eigenvalue weighted by Crippen LogP contribution is -2.31. The fourth-order valence-corrected chi connectivity index (χ4v) is 4.50. The molecule has 1 N–H and O–H groups in total. The van der Waals surface area contributed by atoms with E-state index in [2.05, 4.69) is 5.32 Å². The van der Waals surface area contributed by atoms with Crippen molar-refractivity contribution in [1.82, 2.24) is 9.62 Å². The minimum atomic E-state index is -3.47. The Morgan fingerprint density at radius 1 is 1.13 bits per heavy atom. The second kappa shape index (κ2) is 7.93. The molecule has 0 saturated heterocycles. The molecule has 0 spiro atoms. The summed E-state index contributed by atoms with van der Waals surface area (Å²) >= 11 is 0. The molecular weight excluding hydrogens is 312 g/mol. The molecule has 5 nitrogen and oxygen atoms in total. The van der Waals surface area contributed by atoms with Crippen molar-refractivity contribution in [1.29, 1.82) is 0 Å². The van der Waals surface area contributed by atoms with Gasteiger partial charge in [-0.15, -0.1) is 0 Å². The van der Waals surface area contributed by atoms with Crippen molar-refractivity contribution in [2.45, 2.75) is 44.4 Å². The van der Waals surface area contributed by atoms with Crippen molar-refractivity contribution in [2.24, 2.45) is 5.92 Å². The molecule has 0 aromatic heterocycles. The van der Waals surface area contributed by atoms with Gasteiger partial charge in [-0.1, -0.05) is 26.7 Å². The number of carbonyl (C=O) groups excluding carboxylic acids is 1. The SMILES string of the molecule is CCN(CC)S(=O)(=O)c1ccc(C(=O)NCC2CCCC2)cc1. The number of rotatable bonds is 7. The van der Waals surface area contributed by atoms with Gasteiger partial charge < -0.3 is 5.32 Å². The highest BCUT2D eigenvalue weighted by atomic mass is 32.2. The van der Waals surface area contributed by atoms with Crippen LogP contribution in [0.5, 0.6) is 0 Å². The summed E-state index contributed by atoms with van der Waals surface area (Å²) in [6.45, 7) is 5.20. The second-order valence-corrected chi connectivity index (χ2v) is 7.91. The summed E-state index contributed by atoms with van der Waals surface area (Å²) in [5, 5.41) is 2.95. The van der Waals surface area contributed by atoms with Gasteiger partial charge >= 0.3 is 0 Å². The standard InChI is InChI=1S/C17H26N2O3S/c1-3-19(4-2)23(21,22)16-11-9-15(10-12-16)17(20)18-13-14-7-5-6-8-14/h9-12,14H,3-8,13H2,1-2H3,(H,18,20). The minimum Gasteiger partial charge on any atom is -0.352 e. The fraction of sp³-hybridized carbons (Fsp3) is 0.588. The van der Waals surface area contributed by atoms with E-state index in [1.807, 2.05) is 13.8 Å². The van der Waals surface area contributed by atoms with E-state index in [1.54, 1.807) is 12.1 Å². The van der Waals surface area contributed by atoms with E-state index < -0.39 is 10.0 Å². The number of benzene rings is 1. The zero-order valence-electron chi connectivity index (χ0n) is 13.9. The molecule has 0 radical (unpaired) electrons. The molecule has 1 saturated carbocycles. The number of sulfonamides is 1. The molecule has 0 bridgehead atoms. The lowest BCUT2D eigenvalue weighted by molar-refractivity contribution is 0.0947. The van der Waals surface area contributed by atoms with Crippen LogP contribution in [0, 0.1) is 5.92 Å². The first kappa shape index (κ1) is 17.9. The summed E-state index contributed by atoms with van der Waals surface area (Å²) in [7, 11) is -3.47. The maximum atomic E-state index is 12.4. The molecule has 2 rings (SSSR count). The van der Waals surface area contributed by atoms with Crippen LogP contribution in [0.15, 0.2) is 29.2 Å². The quantitative estimate of drug-likeness (QED) is 0.831. The lowest BCUT2D eigenvalue weighted by Gasteiger charge is -2.18. The van der Waals surface area contributed by atoms with Crippen LogP contribution in [-0.4, -0.2) is 38.3 Å². The average Bonchev–Trinajstić information content (AvgIpc) is 3.07. The van der Waals surface area contributed by atoms with Crippen LogP contribution in [0.4, 0.5) is 0 Å². The fourth-order valence-electron chi connectivity index (χ4n) is 3.04. The van der Waals surface area contributed by atoms with Crippen LogP contribution >= 0.6 is 0 Å². The molecule has 23 heavy (non-hydrogen) atoms. The van der Waals surface area contributed by atoms with Crippen LogP contribution in [0.1, 0.15) is 49.9 Å². The van der Waals surface area contributed by atoms with Crippen LogP contribution < -0.4 is 5.32 Å². The van der Waals surface area contributed by atoms with Crippen LogP contribution in [0.2, 0.25) is 0 Å². The van der Waals surface area contributed by atoms with Crippen LogP contribution in [0.3, 0.4) is 0 Å². The number of amides is 1. The molecular formula is C17H26N2O3S. The van der Waals surface area contributed by atoms with E-state index >= 15 is 0 Å². The van der Waals surface area contributed by atoms with E-state index in [0.29, 0.717) is 31.1 Å². The van der Waals surface area contributed by atoms with Gasteiger partial charge in [-0.25, -0.2) is 8.42 Å². The third-order valence-corrected chi connectivity index (χ3v) is 6.55. The van der Waals surface area contributed by atoms with Gasteiger partial charge in [-0.3, -0.25) is 4.79 Å². The summed E-state index contributed by atoms with van der Waals surface area (Å²) < 4.78 is 26.2. The highest BCUT2D eigenvalue weighted by Crippen LogP contribution is 2.23. The zero-order valence-corrected chi connectivity index (χ0v) is 14.7. The Bertz CT molecular complexity index is 616. The molecule has 1 fully saturated rings. The third-order valence-electron chi connectivity index (χ3n) is 4.49. The predicted molar refractivity (Wildman–Crippen MR) is 90.8 cm³/mol. The predicted octanol–water partition coefficient (Wildman–Crippen LogP) is 2.64. The Kier molecular flexibility index (Phi) is 6.18. The molecule has 128 valence electrons. The topological polar surface area (TPSA) is 66.5 Å². The van der Waals surface area contributed by atoms with Crippen molar-refractivity contribution in [3.63, 3.8) is 0 Å². The van der Waals surface area contributed by atoms with Crippen molar-refractivity contribution < 1.29 is 13.2 Å². The molecule has 1 aliphatic carbocycles. The molecule has 1 aromatic rings. The lowest BCUT2D eigenvalue weighted by atomic mass is 10.1. The highest BCUT2D eigenvalue weighted by Gasteiger charge is 2.22. The van der Waals surface area contributed by atoms with Gasteiger partial charge in [0.25, 0.3) is 5.91 Å². The van der Waals surface area contributed by atoms with Gasteiger partial charge in [0.05, 0.1) is 4.90 Å². The van der Waals surface area contributed by atoms with Crippen molar-refractivity contribution in [3.8, 4) is 0 Å². The number of hydrogen-bond acceptors (Lipinski definition) is 3. The molecule has 0 unspecified atom stereocenters. The van der Waals surface area contributed by atoms with E-state index in [0.717, 1.165) is 0 Å². The summed E-state index contributed by atoms with van der Waals surface area (Å²) in [5.41, 5.74) is 0.501. The first-order chi connectivity index (χ1) is 11.0. The maximum Gasteiger partial charge on any atom is 0.251 e. The van der Waals surface area contributed by atoms with Crippen molar-refractivity contribution in [3.05, 3.63) is 29.8 Å². The Hall–Kier alpha value is -1.40. The van der Waals surface area contributed by atoms with Gasteiger partial charge in [0.15, 0.2) is 0 Å². The first-order valence-corrected chi connectivity index (χ1v) is 9.81. The highest BCUT2D eigenvalue weighted by molar-refractivity contribution is 7.89. The van der Waals surface area contributed by atoms with Gasteiger partial charge in [-0.05, 0) is 43.0 Å². The first-order valence-electron chi connectivity index (χ1n) is 8.37. The second-order valence-electron chi connectivity index (χ2n) is 5.97. The van der Waals surface area contributed by atoms with Crippen molar-refractivity contribution >= 4 is 15.9 Å². The largest absolute Gasteiger partial charge is 0.352 e. The number of nitrogens with one attached hydrogen (secondary N) is 1. The Morgan fingerprint density at radius 3 is 2.22 bits per heavy atom. The van der Waals surface area contributed by atoms with Gasteiger partial charge in [0, 0.05) is 25.2 Å². The smallest absolute Gasteiger partial charge is 0.251 e. The van der Waals surface area contributed by atoms with Crippen molar-refractivity contribution in [2.75, 3.05) is 19.6 Å². The molecule has 0 atom stereocenters. The zero-order chi connectivity index (χ0) is 16.9. The normalized spacial score (nSPS) is 16.0. The maximum absolute atomic E-state index is 12.4. The summed E-state index contributed by atoms with van der Waals surface area (Å²) in [5.74, 6) is 0.449. The number of carbonyl (C=O) groups is 1. The van der Waals surface area contributed by atoms with E-state index in [-0.39, 0.29) is 10.8 Å². The molecule has 1 aromatic carbocycles.